The summed E-state index contributed by atoms with van der Waals surface area (Å²) < 4.78 is 8.12. The second-order valence-corrected chi connectivity index (χ2v) is 7.60. The molecule has 0 aromatic rings. The van der Waals surface area contributed by atoms with E-state index in [1.165, 1.54) is 38.5 Å². The van der Waals surface area contributed by atoms with Gasteiger partial charge in [0, 0.05) is 64.7 Å². The smallest absolute Gasteiger partial charge is 0.0593 e. The molecule has 0 bridgehead atoms. The molecule has 0 amide bonds. The second-order valence-electron chi connectivity index (χ2n) is 6.42. The highest BCUT2D eigenvalue weighted by Crippen LogP contribution is 2.12. The summed E-state index contributed by atoms with van der Waals surface area (Å²) in [7, 11) is 4.45. The van der Waals surface area contributed by atoms with E-state index in [-0.39, 0.29) is 0 Å². The minimum absolute atomic E-state index is 0.866. The Morgan fingerprint density at radius 3 is 2.35 bits per heavy atom. The molecular weight excluding hydrogens is 308 g/mol. The van der Waals surface area contributed by atoms with E-state index in [1.54, 1.807) is 0 Å². The predicted octanol–water partition coefficient (Wildman–Crippen LogP) is 1.56. The van der Waals surface area contributed by atoms with Crippen molar-refractivity contribution in [2.75, 3.05) is 92.0 Å². The normalized spacial score (nSPS) is 17.5. The lowest BCUT2D eigenvalue weighted by Gasteiger charge is -2.31. The van der Waals surface area contributed by atoms with Crippen molar-refractivity contribution in [3.8, 4) is 0 Å². The molecule has 0 aliphatic carbocycles. The van der Waals surface area contributed by atoms with Gasteiger partial charge in [0.2, 0.25) is 0 Å². The van der Waals surface area contributed by atoms with Crippen LogP contribution in [0.25, 0.3) is 0 Å². The molecule has 0 spiro atoms. The molecule has 1 fully saturated rings. The van der Waals surface area contributed by atoms with Crippen molar-refractivity contribution in [1.82, 2.24) is 19.0 Å². The maximum atomic E-state index is 5.59. The van der Waals surface area contributed by atoms with E-state index < -0.39 is 0 Å². The molecule has 0 N–H and O–H groups in total. The third kappa shape index (κ3) is 10.6. The zero-order chi connectivity index (χ0) is 16.9. The van der Waals surface area contributed by atoms with Crippen molar-refractivity contribution in [2.24, 2.45) is 0 Å². The van der Waals surface area contributed by atoms with Crippen LogP contribution in [-0.4, -0.2) is 111 Å². The van der Waals surface area contributed by atoms with Crippen molar-refractivity contribution < 1.29 is 4.74 Å². The summed E-state index contributed by atoms with van der Waals surface area (Å²) in [6.07, 6.45) is 1.11. The molecule has 1 aliphatic heterocycles. The van der Waals surface area contributed by atoms with Gasteiger partial charge in [0.25, 0.3) is 0 Å². The van der Waals surface area contributed by atoms with Gasteiger partial charge in [-0.2, -0.15) is 0 Å². The van der Waals surface area contributed by atoms with E-state index in [1.807, 2.05) is 11.9 Å². The van der Waals surface area contributed by atoms with Crippen LogP contribution in [0.2, 0.25) is 0 Å². The van der Waals surface area contributed by atoms with Crippen molar-refractivity contribution in [1.29, 1.82) is 0 Å². The van der Waals surface area contributed by atoms with E-state index in [4.69, 9.17) is 4.74 Å². The third-order valence-corrected chi connectivity index (χ3v) is 5.45. The highest BCUT2D eigenvalue weighted by Gasteiger charge is 2.14. The molecule has 23 heavy (non-hydrogen) atoms. The first-order valence-corrected chi connectivity index (χ1v) is 10.1. The van der Waals surface area contributed by atoms with Gasteiger partial charge in [0.05, 0.1) is 6.61 Å². The number of ether oxygens (including phenoxy) is 1. The van der Waals surface area contributed by atoms with Gasteiger partial charge in [-0.1, -0.05) is 25.8 Å². The van der Waals surface area contributed by atoms with Crippen molar-refractivity contribution in [3.63, 3.8) is 0 Å². The second kappa shape index (κ2) is 13.4. The topological polar surface area (TPSA) is 22.2 Å². The maximum Gasteiger partial charge on any atom is 0.0593 e. The van der Waals surface area contributed by atoms with Crippen LogP contribution >= 0.6 is 11.9 Å². The molecule has 0 atom stereocenters. The highest BCUT2D eigenvalue weighted by atomic mass is 32.2. The zero-order valence-electron chi connectivity index (χ0n) is 15.8. The molecule has 1 aliphatic rings. The van der Waals surface area contributed by atoms with Crippen molar-refractivity contribution >= 4 is 11.9 Å². The zero-order valence-corrected chi connectivity index (χ0v) is 16.6. The average Bonchev–Trinajstić information content (AvgIpc) is 2.56. The summed E-state index contributed by atoms with van der Waals surface area (Å²) in [5, 5.41) is 0. The monoisotopic (exact) mass is 346 g/mol. The van der Waals surface area contributed by atoms with Gasteiger partial charge < -0.3 is 19.4 Å². The Labute approximate surface area is 148 Å². The van der Waals surface area contributed by atoms with Crippen LogP contribution in [0.1, 0.15) is 20.3 Å². The standard InChI is InChI=1S/C17H38N4OS/c1-5-15-22-16-13-20(6-2)10-7-19(4)14-17-23-21-11-8-18(3)9-12-21/h5-17H2,1-4H3. The molecule has 1 heterocycles. The Hall–Kier alpha value is 0.150. The van der Waals surface area contributed by atoms with Crippen LogP contribution in [0.5, 0.6) is 0 Å². The minimum atomic E-state index is 0.866. The number of piperazine rings is 1. The number of likely N-dealkylation sites (N-methyl/N-ethyl adjacent to an activating group) is 3. The van der Waals surface area contributed by atoms with Gasteiger partial charge in [-0.05, 0) is 27.1 Å². The summed E-state index contributed by atoms with van der Waals surface area (Å²) in [6.45, 7) is 16.6. The van der Waals surface area contributed by atoms with Crippen LogP contribution in [0, 0.1) is 0 Å². The van der Waals surface area contributed by atoms with Gasteiger partial charge in [0.15, 0.2) is 0 Å². The molecule has 5 nitrogen and oxygen atoms in total. The fourth-order valence-electron chi connectivity index (χ4n) is 2.53. The van der Waals surface area contributed by atoms with E-state index in [0.717, 1.165) is 45.8 Å². The molecule has 0 radical (unpaired) electrons. The molecule has 1 rings (SSSR count). The molecular formula is C17H38N4OS. The van der Waals surface area contributed by atoms with Crippen LogP contribution in [0.3, 0.4) is 0 Å². The summed E-state index contributed by atoms with van der Waals surface area (Å²) in [6, 6.07) is 0. The van der Waals surface area contributed by atoms with Gasteiger partial charge in [0.1, 0.15) is 0 Å². The summed E-state index contributed by atoms with van der Waals surface area (Å²) in [5.41, 5.74) is 0. The van der Waals surface area contributed by atoms with Crippen molar-refractivity contribution in [2.45, 2.75) is 20.3 Å². The van der Waals surface area contributed by atoms with Crippen LogP contribution in [0.4, 0.5) is 0 Å². The lowest BCUT2D eigenvalue weighted by molar-refractivity contribution is 0.102. The Morgan fingerprint density at radius 2 is 1.70 bits per heavy atom. The van der Waals surface area contributed by atoms with Gasteiger partial charge >= 0.3 is 0 Å². The lowest BCUT2D eigenvalue weighted by atomic mass is 10.4. The first-order valence-electron chi connectivity index (χ1n) is 9.20. The number of rotatable bonds is 13. The fourth-order valence-corrected chi connectivity index (χ4v) is 3.61. The lowest BCUT2D eigenvalue weighted by Crippen LogP contribution is -2.41. The number of hydrogen-bond acceptors (Lipinski definition) is 6. The van der Waals surface area contributed by atoms with Crippen molar-refractivity contribution in [3.05, 3.63) is 0 Å². The maximum absolute atomic E-state index is 5.59. The third-order valence-electron chi connectivity index (χ3n) is 4.35. The minimum Gasteiger partial charge on any atom is -0.380 e. The largest absolute Gasteiger partial charge is 0.380 e. The Balaban J connectivity index is 2.02. The predicted molar refractivity (Wildman–Crippen MR) is 102 cm³/mol. The van der Waals surface area contributed by atoms with E-state index >= 15 is 0 Å². The van der Waals surface area contributed by atoms with Crippen LogP contribution in [-0.2, 0) is 4.74 Å². The Bertz CT molecular complexity index is 275. The van der Waals surface area contributed by atoms with E-state index in [0.29, 0.717) is 0 Å². The first-order chi connectivity index (χ1) is 11.2. The molecule has 138 valence electrons. The molecule has 0 saturated carbocycles. The van der Waals surface area contributed by atoms with Crippen LogP contribution < -0.4 is 0 Å². The summed E-state index contributed by atoms with van der Waals surface area (Å²) in [4.78, 5) is 7.35. The van der Waals surface area contributed by atoms with E-state index in [2.05, 4.69) is 46.9 Å². The summed E-state index contributed by atoms with van der Waals surface area (Å²) >= 11 is 2.02. The Kier molecular flexibility index (Phi) is 12.4. The Morgan fingerprint density at radius 1 is 0.957 bits per heavy atom. The molecule has 6 heteroatoms. The quantitative estimate of drug-likeness (QED) is 0.370. The van der Waals surface area contributed by atoms with Gasteiger partial charge in [-0.3, -0.25) is 0 Å². The summed E-state index contributed by atoms with van der Waals surface area (Å²) in [5.74, 6) is 1.20. The molecule has 0 aromatic carbocycles. The average molecular weight is 347 g/mol. The van der Waals surface area contributed by atoms with Gasteiger partial charge in [-0.15, -0.1) is 0 Å². The SMILES string of the molecule is CCCOCCN(CC)CCN(C)CCSN1CCN(C)CC1. The van der Waals surface area contributed by atoms with E-state index in [9.17, 15) is 0 Å². The van der Waals surface area contributed by atoms with Gasteiger partial charge in [-0.25, -0.2) is 4.31 Å². The fraction of sp³-hybridized carbons (Fsp3) is 1.00. The number of nitrogens with zero attached hydrogens (tertiary/aromatic N) is 4. The highest BCUT2D eigenvalue weighted by molar-refractivity contribution is 7.97. The molecule has 0 unspecified atom stereocenters. The van der Waals surface area contributed by atoms with Crippen LogP contribution in [0.15, 0.2) is 0 Å². The first kappa shape index (κ1) is 21.2. The molecule has 0 aromatic heterocycles. The number of hydrogen-bond donors (Lipinski definition) is 0. The molecule has 1 saturated heterocycles.